The molecule has 1 heterocycles. The van der Waals surface area contributed by atoms with E-state index in [4.69, 9.17) is 9.47 Å². The highest BCUT2D eigenvalue weighted by Crippen LogP contribution is 2.32. The van der Waals surface area contributed by atoms with E-state index in [-0.39, 0.29) is 11.4 Å². The van der Waals surface area contributed by atoms with Crippen molar-refractivity contribution in [1.29, 1.82) is 0 Å². The number of methoxy groups -OCH3 is 1. The number of carbonyl (C=O) groups is 1. The molecule has 2 rings (SSSR count). The molecule has 0 unspecified atom stereocenters. The molecule has 0 spiro atoms. The highest BCUT2D eigenvalue weighted by molar-refractivity contribution is 9.10. The zero-order valence-electron chi connectivity index (χ0n) is 10.9. The van der Waals surface area contributed by atoms with E-state index in [2.05, 4.69) is 20.7 Å². The van der Waals surface area contributed by atoms with Gasteiger partial charge in [-0.25, -0.2) is 4.79 Å². The molecule has 2 atom stereocenters. The fourth-order valence-electron chi connectivity index (χ4n) is 1.67. The third-order valence-corrected chi connectivity index (χ3v) is 3.12. The van der Waals surface area contributed by atoms with Gasteiger partial charge < -0.3 is 14.2 Å². The van der Waals surface area contributed by atoms with Gasteiger partial charge in [-0.2, -0.15) is 0 Å². The van der Waals surface area contributed by atoms with E-state index in [9.17, 15) is 14.9 Å². The Morgan fingerprint density at radius 1 is 1.43 bits per heavy atom. The molecule has 1 aromatic rings. The second-order valence-electron chi connectivity index (χ2n) is 4.01. The van der Waals surface area contributed by atoms with Crippen LogP contribution in [0.15, 0.2) is 22.7 Å². The van der Waals surface area contributed by atoms with Crippen LogP contribution in [0, 0.1) is 29.4 Å². The molecule has 0 bridgehead atoms. The summed E-state index contributed by atoms with van der Waals surface area (Å²) in [5.74, 6) is -0.526. The summed E-state index contributed by atoms with van der Waals surface area (Å²) in [4.78, 5) is 21.8. The van der Waals surface area contributed by atoms with Crippen LogP contribution < -0.4 is 4.74 Å². The molecule has 111 valence electrons. The topological polar surface area (TPSA) is 87.9 Å². The van der Waals surface area contributed by atoms with E-state index < -0.39 is 23.3 Å². The minimum absolute atomic E-state index is 0.0448. The van der Waals surface area contributed by atoms with Crippen LogP contribution in [0.5, 0.6) is 5.75 Å². The summed E-state index contributed by atoms with van der Waals surface area (Å²) >= 11 is 3.16. The molecule has 21 heavy (non-hydrogen) atoms. The highest BCUT2D eigenvalue weighted by atomic mass is 79.9. The van der Waals surface area contributed by atoms with E-state index >= 15 is 0 Å². The number of benzene rings is 1. The van der Waals surface area contributed by atoms with Crippen molar-refractivity contribution in [2.24, 2.45) is 0 Å². The molecule has 7 nitrogen and oxygen atoms in total. The van der Waals surface area contributed by atoms with Crippen molar-refractivity contribution in [3.63, 3.8) is 0 Å². The Hall–Kier alpha value is -1.67. The molecule has 1 fully saturated rings. The van der Waals surface area contributed by atoms with Gasteiger partial charge in [-0.15, -0.1) is 0 Å². The van der Waals surface area contributed by atoms with Gasteiger partial charge in [-0.05, 0) is 18.6 Å². The van der Waals surface area contributed by atoms with Gasteiger partial charge in [0.25, 0.3) is 0 Å². The molecular formula is C13H11BrNO6. The Labute approximate surface area is 129 Å². The number of ether oxygens (including phenoxy) is 3. The predicted octanol–water partition coefficient (Wildman–Crippen LogP) is 2.25. The molecule has 0 amide bonds. The van der Waals surface area contributed by atoms with Gasteiger partial charge >= 0.3 is 11.7 Å². The molecular weight excluding hydrogens is 346 g/mol. The third kappa shape index (κ3) is 3.92. The average molecular weight is 357 g/mol. The van der Waals surface area contributed by atoms with Crippen molar-refractivity contribution in [3.8, 4) is 5.75 Å². The van der Waals surface area contributed by atoms with Crippen LogP contribution in [0.2, 0.25) is 0 Å². The SMILES string of the molecule is COC(=O)[C@@H]1[CH][CH][CH][C@H](Oc2ccc(Br)cc2[N+](=O)[O-])O1. The summed E-state index contributed by atoms with van der Waals surface area (Å²) in [5, 5.41) is 11.0. The first-order chi connectivity index (χ1) is 10.0. The van der Waals surface area contributed by atoms with Crippen LogP contribution in [0.25, 0.3) is 0 Å². The van der Waals surface area contributed by atoms with Crippen LogP contribution in [0.4, 0.5) is 5.69 Å². The van der Waals surface area contributed by atoms with E-state index in [0.717, 1.165) is 0 Å². The largest absolute Gasteiger partial charge is 0.467 e. The summed E-state index contributed by atoms with van der Waals surface area (Å²) in [5.41, 5.74) is -0.203. The van der Waals surface area contributed by atoms with Crippen molar-refractivity contribution >= 4 is 27.6 Å². The number of hydrogen-bond acceptors (Lipinski definition) is 6. The van der Waals surface area contributed by atoms with Crippen LogP contribution in [0.1, 0.15) is 0 Å². The van der Waals surface area contributed by atoms with Gasteiger partial charge in [0.1, 0.15) is 0 Å². The van der Waals surface area contributed by atoms with Crippen LogP contribution >= 0.6 is 15.9 Å². The number of rotatable bonds is 4. The third-order valence-electron chi connectivity index (χ3n) is 2.63. The highest BCUT2D eigenvalue weighted by Gasteiger charge is 2.31. The number of nitrogens with zero attached hydrogens (tertiary/aromatic N) is 1. The summed E-state index contributed by atoms with van der Waals surface area (Å²) in [6.07, 6.45) is 2.80. The van der Waals surface area contributed by atoms with Gasteiger partial charge in [-0.3, -0.25) is 10.1 Å². The van der Waals surface area contributed by atoms with Crippen molar-refractivity contribution < 1.29 is 23.9 Å². The second-order valence-corrected chi connectivity index (χ2v) is 4.93. The smallest absolute Gasteiger partial charge is 0.335 e. The summed E-state index contributed by atoms with van der Waals surface area (Å²) < 4.78 is 15.9. The zero-order valence-corrected chi connectivity index (χ0v) is 12.5. The number of carbonyl (C=O) groups excluding carboxylic acids is 1. The summed E-state index contributed by atoms with van der Waals surface area (Å²) in [7, 11) is 1.24. The van der Waals surface area contributed by atoms with Crippen molar-refractivity contribution in [3.05, 3.63) is 52.0 Å². The Bertz CT molecular complexity index is 549. The lowest BCUT2D eigenvalue weighted by molar-refractivity contribution is -0.386. The standard InChI is InChI=1S/C13H11BrNO6/c1-19-13(16)11-3-2-4-12(21-11)20-10-6-5-8(14)7-9(10)15(17)18/h2-7,11-12H,1H3/t11-,12+/m0/s1. The summed E-state index contributed by atoms with van der Waals surface area (Å²) in [6.45, 7) is 0. The number of nitro groups is 1. The maximum atomic E-state index is 11.4. The van der Waals surface area contributed by atoms with Gasteiger partial charge in [-0.1, -0.05) is 15.9 Å². The lowest BCUT2D eigenvalue weighted by Crippen LogP contribution is -2.38. The molecule has 3 radical (unpaired) electrons. The van der Waals surface area contributed by atoms with Gasteiger partial charge in [0.05, 0.1) is 12.0 Å². The first-order valence-corrected chi connectivity index (χ1v) is 6.66. The number of hydrogen-bond donors (Lipinski definition) is 0. The number of halogens is 1. The Morgan fingerprint density at radius 2 is 2.19 bits per heavy atom. The Kier molecular flexibility index (Phi) is 5.13. The molecule has 0 aliphatic carbocycles. The van der Waals surface area contributed by atoms with Gasteiger partial charge in [0, 0.05) is 23.4 Å². The number of nitro benzene ring substituents is 1. The monoisotopic (exact) mass is 356 g/mol. The fourth-order valence-corrected chi connectivity index (χ4v) is 2.02. The molecule has 1 saturated heterocycles. The summed E-state index contributed by atoms with van der Waals surface area (Å²) in [6, 6.07) is 4.38. The molecule has 1 aromatic carbocycles. The lowest BCUT2D eigenvalue weighted by atomic mass is 10.1. The molecule has 8 heteroatoms. The van der Waals surface area contributed by atoms with Crippen LogP contribution in [0.3, 0.4) is 0 Å². The lowest BCUT2D eigenvalue weighted by Gasteiger charge is -2.27. The average Bonchev–Trinajstić information content (AvgIpc) is 2.48. The minimum atomic E-state index is -0.918. The zero-order chi connectivity index (χ0) is 15.4. The predicted molar refractivity (Wildman–Crippen MR) is 75.0 cm³/mol. The van der Waals surface area contributed by atoms with Crippen molar-refractivity contribution in [2.75, 3.05) is 7.11 Å². The maximum absolute atomic E-state index is 11.4. The first kappa shape index (κ1) is 15.7. The van der Waals surface area contributed by atoms with E-state index in [1.54, 1.807) is 12.5 Å². The van der Waals surface area contributed by atoms with E-state index in [0.29, 0.717) is 4.47 Å². The van der Waals surface area contributed by atoms with Crippen molar-refractivity contribution in [2.45, 2.75) is 12.4 Å². The second kappa shape index (κ2) is 6.86. The maximum Gasteiger partial charge on any atom is 0.335 e. The van der Waals surface area contributed by atoms with Crippen LogP contribution in [-0.4, -0.2) is 30.4 Å². The Morgan fingerprint density at radius 3 is 2.86 bits per heavy atom. The molecule has 0 saturated carbocycles. The normalized spacial score (nSPS) is 21.6. The minimum Gasteiger partial charge on any atom is -0.467 e. The molecule has 0 N–H and O–H groups in total. The van der Waals surface area contributed by atoms with Gasteiger partial charge in [0.2, 0.25) is 6.29 Å². The Balaban J connectivity index is 2.11. The molecule has 1 aliphatic rings. The van der Waals surface area contributed by atoms with Crippen LogP contribution in [-0.2, 0) is 14.3 Å². The number of esters is 1. The molecule has 1 aliphatic heterocycles. The van der Waals surface area contributed by atoms with Crippen molar-refractivity contribution in [1.82, 2.24) is 0 Å². The quantitative estimate of drug-likeness (QED) is 0.467. The van der Waals surface area contributed by atoms with E-state index in [1.807, 2.05) is 0 Å². The van der Waals surface area contributed by atoms with Gasteiger partial charge in [0.15, 0.2) is 11.9 Å². The molecule has 0 aromatic heterocycles. The van der Waals surface area contributed by atoms with E-state index in [1.165, 1.54) is 32.1 Å². The fraction of sp³-hybridized carbons (Fsp3) is 0.231. The first-order valence-electron chi connectivity index (χ1n) is 5.87.